The number of aromatic amines is 1. The number of H-pyrrole nitrogens is 1. The van der Waals surface area contributed by atoms with Crippen LogP contribution in [-0.4, -0.2) is 4.98 Å². The summed E-state index contributed by atoms with van der Waals surface area (Å²) in [5.74, 6) is 0. The Bertz CT molecular complexity index is 400. The van der Waals surface area contributed by atoms with Crippen molar-refractivity contribution in [2.24, 2.45) is 0 Å². The molecule has 0 bridgehead atoms. The lowest BCUT2D eigenvalue weighted by atomic mass is 10.1. The van der Waals surface area contributed by atoms with Crippen LogP contribution in [0.3, 0.4) is 0 Å². The van der Waals surface area contributed by atoms with E-state index in [1.54, 1.807) is 0 Å². The van der Waals surface area contributed by atoms with Crippen LogP contribution in [0.5, 0.6) is 0 Å². The number of hydrogen-bond donors (Lipinski definition) is 1. The summed E-state index contributed by atoms with van der Waals surface area (Å²) in [5, 5.41) is 0.774. The fraction of sp³-hybridized carbons (Fsp3) is 0.0909. The van der Waals surface area contributed by atoms with Gasteiger partial charge in [-0.1, -0.05) is 23.7 Å². The first-order valence-corrected chi connectivity index (χ1v) is 4.54. The molecule has 0 fully saturated rings. The second kappa shape index (κ2) is 3.27. The lowest BCUT2D eigenvalue weighted by molar-refractivity contribution is 1.27. The highest BCUT2D eigenvalue weighted by Crippen LogP contribution is 2.21. The topological polar surface area (TPSA) is 15.8 Å². The monoisotopic (exact) mass is 191 g/mol. The quantitative estimate of drug-likeness (QED) is 0.709. The molecule has 1 N–H and O–H groups in total. The highest BCUT2D eigenvalue weighted by Gasteiger charge is 1.98. The molecule has 0 atom stereocenters. The van der Waals surface area contributed by atoms with Crippen LogP contribution in [0.4, 0.5) is 0 Å². The van der Waals surface area contributed by atoms with Gasteiger partial charge in [0.1, 0.15) is 0 Å². The van der Waals surface area contributed by atoms with Gasteiger partial charge in [-0.05, 0) is 36.2 Å². The Kier molecular flexibility index (Phi) is 2.11. The summed E-state index contributed by atoms with van der Waals surface area (Å²) in [6.45, 7) is 2.04. The Hall–Kier alpha value is -1.21. The van der Waals surface area contributed by atoms with E-state index in [-0.39, 0.29) is 0 Å². The molecule has 1 aromatic carbocycles. The van der Waals surface area contributed by atoms with Gasteiger partial charge in [0, 0.05) is 16.9 Å². The fourth-order valence-electron chi connectivity index (χ4n) is 1.32. The van der Waals surface area contributed by atoms with Crippen molar-refractivity contribution in [2.45, 2.75) is 6.92 Å². The standard InChI is InChI=1S/C11H10ClN/c1-8-6-10(7-13-8)9-2-4-11(12)5-3-9/h2-7,13H,1H3. The van der Waals surface area contributed by atoms with E-state index in [1.807, 2.05) is 37.4 Å². The SMILES string of the molecule is Cc1cc(-c2ccc(Cl)cc2)c[nH]1. The smallest absolute Gasteiger partial charge is 0.0406 e. The molecule has 66 valence electrons. The minimum absolute atomic E-state index is 0.774. The van der Waals surface area contributed by atoms with Gasteiger partial charge < -0.3 is 4.98 Å². The summed E-state index contributed by atoms with van der Waals surface area (Å²) in [6, 6.07) is 9.96. The average Bonchev–Trinajstić information content (AvgIpc) is 2.53. The molecule has 0 saturated carbocycles. The van der Waals surface area contributed by atoms with Crippen LogP contribution in [0.15, 0.2) is 36.5 Å². The first-order valence-electron chi connectivity index (χ1n) is 4.17. The van der Waals surface area contributed by atoms with E-state index >= 15 is 0 Å². The molecule has 1 heterocycles. The van der Waals surface area contributed by atoms with Gasteiger partial charge in [0.15, 0.2) is 0 Å². The Balaban J connectivity index is 2.41. The third-order valence-corrected chi connectivity index (χ3v) is 2.26. The van der Waals surface area contributed by atoms with Crippen molar-refractivity contribution in [3.05, 3.63) is 47.2 Å². The van der Waals surface area contributed by atoms with Gasteiger partial charge in [0.05, 0.1) is 0 Å². The Morgan fingerprint density at radius 3 is 2.31 bits per heavy atom. The summed E-state index contributed by atoms with van der Waals surface area (Å²) < 4.78 is 0. The van der Waals surface area contributed by atoms with Crippen LogP contribution in [-0.2, 0) is 0 Å². The third-order valence-electron chi connectivity index (χ3n) is 2.00. The summed E-state index contributed by atoms with van der Waals surface area (Å²) in [5.41, 5.74) is 3.56. The molecule has 0 unspecified atom stereocenters. The van der Waals surface area contributed by atoms with Crippen molar-refractivity contribution >= 4 is 11.6 Å². The second-order valence-electron chi connectivity index (χ2n) is 3.08. The van der Waals surface area contributed by atoms with E-state index in [0.717, 1.165) is 5.02 Å². The number of benzene rings is 1. The maximum absolute atomic E-state index is 5.80. The zero-order valence-electron chi connectivity index (χ0n) is 7.34. The highest BCUT2D eigenvalue weighted by atomic mass is 35.5. The number of rotatable bonds is 1. The third kappa shape index (κ3) is 1.76. The van der Waals surface area contributed by atoms with Crippen LogP contribution in [0.2, 0.25) is 5.02 Å². The van der Waals surface area contributed by atoms with Crippen molar-refractivity contribution < 1.29 is 0 Å². The van der Waals surface area contributed by atoms with E-state index in [9.17, 15) is 0 Å². The lowest BCUT2D eigenvalue weighted by Crippen LogP contribution is -1.71. The number of aromatic nitrogens is 1. The molecule has 0 radical (unpaired) electrons. The van der Waals surface area contributed by atoms with E-state index < -0.39 is 0 Å². The summed E-state index contributed by atoms with van der Waals surface area (Å²) in [6.07, 6.45) is 2.00. The maximum Gasteiger partial charge on any atom is 0.0406 e. The van der Waals surface area contributed by atoms with Crippen molar-refractivity contribution in [2.75, 3.05) is 0 Å². The van der Waals surface area contributed by atoms with Crippen molar-refractivity contribution in [1.29, 1.82) is 0 Å². The maximum atomic E-state index is 5.80. The number of aryl methyl sites for hydroxylation is 1. The van der Waals surface area contributed by atoms with Gasteiger partial charge in [-0.25, -0.2) is 0 Å². The van der Waals surface area contributed by atoms with Gasteiger partial charge >= 0.3 is 0 Å². The normalized spacial score (nSPS) is 10.3. The van der Waals surface area contributed by atoms with Gasteiger partial charge in [-0.2, -0.15) is 0 Å². The van der Waals surface area contributed by atoms with Crippen LogP contribution in [0.25, 0.3) is 11.1 Å². The minimum Gasteiger partial charge on any atom is -0.365 e. The van der Waals surface area contributed by atoms with Gasteiger partial charge in [-0.15, -0.1) is 0 Å². The Labute approximate surface area is 82.4 Å². The molecule has 0 amide bonds. The molecule has 0 spiro atoms. The van der Waals surface area contributed by atoms with Crippen molar-refractivity contribution in [3.8, 4) is 11.1 Å². The Morgan fingerprint density at radius 1 is 1.08 bits per heavy atom. The van der Waals surface area contributed by atoms with Crippen molar-refractivity contribution in [3.63, 3.8) is 0 Å². The number of hydrogen-bond acceptors (Lipinski definition) is 0. The van der Waals surface area contributed by atoms with Crippen LogP contribution in [0, 0.1) is 6.92 Å². The van der Waals surface area contributed by atoms with Crippen LogP contribution >= 0.6 is 11.6 Å². The molecule has 0 aliphatic heterocycles. The number of halogens is 1. The molecule has 1 aromatic heterocycles. The van der Waals surface area contributed by atoms with E-state index in [2.05, 4.69) is 11.1 Å². The molecular formula is C11H10ClN. The molecule has 0 aliphatic rings. The molecule has 2 aromatic rings. The Morgan fingerprint density at radius 2 is 1.77 bits per heavy atom. The van der Waals surface area contributed by atoms with Crippen LogP contribution in [0.1, 0.15) is 5.69 Å². The fourth-order valence-corrected chi connectivity index (χ4v) is 1.44. The second-order valence-corrected chi connectivity index (χ2v) is 3.51. The molecule has 1 nitrogen and oxygen atoms in total. The van der Waals surface area contributed by atoms with E-state index in [4.69, 9.17) is 11.6 Å². The van der Waals surface area contributed by atoms with Gasteiger partial charge in [0.25, 0.3) is 0 Å². The summed E-state index contributed by atoms with van der Waals surface area (Å²) in [7, 11) is 0. The molecule has 0 aliphatic carbocycles. The predicted octanol–water partition coefficient (Wildman–Crippen LogP) is 3.64. The number of nitrogens with one attached hydrogen (secondary N) is 1. The van der Waals surface area contributed by atoms with Crippen LogP contribution < -0.4 is 0 Å². The van der Waals surface area contributed by atoms with Gasteiger partial charge in [0.2, 0.25) is 0 Å². The molecular weight excluding hydrogens is 182 g/mol. The lowest BCUT2D eigenvalue weighted by Gasteiger charge is -1.96. The van der Waals surface area contributed by atoms with E-state index in [1.165, 1.54) is 16.8 Å². The first kappa shape index (κ1) is 8.39. The highest BCUT2D eigenvalue weighted by molar-refractivity contribution is 6.30. The largest absolute Gasteiger partial charge is 0.365 e. The molecule has 2 rings (SSSR count). The summed E-state index contributed by atoms with van der Waals surface area (Å²) >= 11 is 5.80. The predicted molar refractivity (Wildman–Crippen MR) is 56.0 cm³/mol. The molecule has 2 heteroatoms. The minimum atomic E-state index is 0.774. The molecule has 0 saturated heterocycles. The molecule has 13 heavy (non-hydrogen) atoms. The zero-order chi connectivity index (χ0) is 9.26. The zero-order valence-corrected chi connectivity index (χ0v) is 8.10. The van der Waals surface area contributed by atoms with E-state index in [0.29, 0.717) is 0 Å². The average molecular weight is 192 g/mol. The van der Waals surface area contributed by atoms with Crippen molar-refractivity contribution in [1.82, 2.24) is 4.98 Å². The first-order chi connectivity index (χ1) is 6.25. The summed E-state index contributed by atoms with van der Waals surface area (Å²) in [4.78, 5) is 3.15. The van der Waals surface area contributed by atoms with Gasteiger partial charge in [-0.3, -0.25) is 0 Å².